The molecule has 9 heterocycles. The van der Waals surface area contributed by atoms with Gasteiger partial charge in [-0.15, -0.1) is 0 Å². The van der Waals surface area contributed by atoms with Gasteiger partial charge in [-0.05, 0) is 196 Å². The van der Waals surface area contributed by atoms with Crippen molar-refractivity contribution in [1.82, 2.24) is 45.5 Å². The first kappa shape index (κ1) is 50.5. The lowest BCUT2D eigenvalue weighted by Gasteiger charge is -2.28. The second-order valence-electron chi connectivity index (χ2n) is 25.8. The molecule has 0 spiro atoms. The van der Waals surface area contributed by atoms with E-state index in [0.717, 1.165) is 194 Å². The fourth-order valence-corrected chi connectivity index (χ4v) is 15.4. The van der Waals surface area contributed by atoms with E-state index in [0.29, 0.717) is 18.2 Å². The molecule has 16 rings (SSSR count). The van der Waals surface area contributed by atoms with Crippen molar-refractivity contribution in [3.8, 4) is 34.2 Å². The number of rotatable bonds is 11. The van der Waals surface area contributed by atoms with Crippen LogP contribution in [0.4, 0.5) is 17.1 Å². The van der Waals surface area contributed by atoms with Gasteiger partial charge in [0.25, 0.3) is 5.91 Å². The summed E-state index contributed by atoms with van der Waals surface area (Å²) in [7, 11) is 0. The minimum Gasteiger partial charge on any atom is -0.464 e. The molecule has 18 nitrogen and oxygen atoms in total. The Morgan fingerprint density at radius 3 is 1.52 bits per heavy atom. The largest absolute Gasteiger partial charge is 0.464 e. The molecular weight excluding hydrogens is 1040 g/mol. The normalized spacial score (nSPS) is 21.2. The summed E-state index contributed by atoms with van der Waals surface area (Å²) >= 11 is 0. The first-order chi connectivity index (χ1) is 40.0. The molecule has 1 saturated carbocycles. The van der Waals surface area contributed by atoms with Crippen molar-refractivity contribution in [3.63, 3.8) is 0 Å². The van der Waals surface area contributed by atoms with Gasteiger partial charge in [-0.3, -0.25) is 34.5 Å². The van der Waals surface area contributed by atoms with Crippen molar-refractivity contribution in [1.29, 1.82) is 0 Å². The molecule has 424 valence electrons. The van der Waals surface area contributed by atoms with Crippen LogP contribution in [0.1, 0.15) is 133 Å². The number of hydrogen-bond acceptors (Lipinski definition) is 9. The molecule has 3 amide bonds. The number of aryl methyl sites for hydroxylation is 6. The molecule has 2 unspecified atom stereocenters. The molecule has 0 bridgehead atoms. The predicted molar refractivity (Wildman–Crippen MR) is 317 cm³/mol. The highest BCUT2D eigenvalue weighted by molar-refractivity contribution is 6.14. The number of benzene rings is 3. The number of hydrogen-bond donors (Lipinski definition) is 6. The highest BCUT2D eigenvalue weighted by Gasteiger charge is 2.52. The van der Waals surface area contributed by atoms with E-state index in [2.05, 4.69) is 87.4 Å². The number of esters is 1. The number of aromatic amines is 6. The van der Waals surface area contributed by atoms with E-state index < -0.39 is 22.4 Å². The number of carbonyl (C=O) groups excluding carboxylic acids is 4. The van der Waals surface area contributed by atoms with E-state index in [1.807, 2.05) is 37.5 Å². The first-order valence-corrected chi connectivity index (χ1v) is 30.0. The lowest BCUT2D eigenvalue weighted by Crippen LogP contribution is -2.44. The van der Waals surface area contributed by atoms with Crippen LogP contribution in [0.25, 0.3) is 66.9 Å². The van der Waals surface area contributed by atoms with Gasteiger partial charge in [0, 0.05) is 96.5 Å². The maximum atomic E-state index is 15.4. The third kappa shape index (κ3) is 7.19. The fourth-order valence-electron chi connectivity index (χ4n) is 15.4. The number of H-pyrrole nitrogens is 6. The molecule has 7 aliphatic rings. The number of nitrogens with one attached hydrogen (secondary N) is 6. The van der Waals surface area contributed by atoms with Crippen molar-refractivity contribution in [3.05, 3.63) is 104 Å². The van der Waals surface area contributed by atoms with E-state index in [1.165, 1.54) is 22.3 Å². The number of anilines is 3. The van der Waals surface area contributed by atoms with E-state index in [1.54, 1.807) is 4.90 Å². The SMILES string of the molecule is Cc1[nH]nc2c1CCCc1c-2[nH]c2cc3c(cc12)N(CC(=O)OCCC1(C)C(=O)N(CCOC2(C)C(=O)N(CC4CC4)c4cc5c6c([nH]c5cc42)-c2n[nH]c(C)c2CCC6)c2cc4c5c([nH]c4cc21)-c1n[nH]c(C)c1CCC5)C(=O)C3(C)C. The molecule has 9 aromatic rings. The first-order valence-electron chi connectivity index (χ1n) is 30.0. The Morgan fingerprint density at radius 2 is 1.01 bits per heavy atom. The van der Waals surface area contributed by atoms with E-state index >= 15 is 4.79 Å². The van der Waals surface area contributed by atoms with Crippen molar-refractivity contribution in [2.24, 2.45) is 5.92 Å². The van der Waals surface area contributed by atoms with E-state index in [9.17, 15) is 14.4 Å². The molecule has 18 heteroatoms. The van der Waals surface area contributed by atoms with Crippen LogP contribution < -0.4 is 14.7 Å². The fraction of sp³-hybridized carbons (Fsp3) is 0.431. The Hall–Kier alpha value is -8.25. The number of aromatic nitrogens is 9. The minimum atomic E-state index is -1.32. The topological polar surface area (TPSA) is 230 Å². The number of carbonyl (C=O) groups is 4. The van der Waals surface area contributed by atoms with Crippen LogP contribution in [0, 0.1) is 26.7 Å². The third-order valence-electron chi connectivity index (χ3n) is 20.4. The van der Waals surface area contributed by atoms with Crippen molar-refractivity contribution in [2.75, 3.05) is 47.5 Å². The average molecular weight is 1110 g/mol. The van der Waals surface area contributed by atoms with Crippen LogP contribution in [0.2, 0.25) is 0 Å². The summed E-state index contributed by atoms with van der Waals surface area (Å²) in [5, 5.41) is 27.0. The Labute approximate surface area is 478 Å². The quantitative estimate of drug-likeness (QED) is 0.0676. The summed E-state index contributed by atoms with van der Waals surface area (Å²) in [4.78, 5) is 75.4. The maximum absolute atomic E-state index is 15.4. The molecule has 2 atom stereocenters. The summed E-state index contributed by atoms with van der Waals surface area (Å²) < 4.78 is 13.1. The maximum Gasteiger partial charge on any atom is 0.326 e. The molecule has 0 saturated heterocycles. The molecule has 6 N–H and O–H groups in total. The molecule has 1 fully saturated rings. The summed E-state index contributed by atoms with van der Waals surface area (Å²) in [6.45, 7) is 14.4. The molecule has 6 aromatic heterocycles. The van der Waals surface area contributed by atoms with Crippen LogP contribution in [-0.2, 0) is 83.6 Å². The van der Waals surface area contributed by atoms with Gasteiger partial charge in [0.1, 0.15) is 23.6 Å². The minimum absolute atomic E-state index is 0.0635. The Balaban J connectivity index is 0.696. The van der Waals surface area contributed by atoms with Gasteiger partial charge in [-0.1, -0.05) is 0 Å². The summed E-state index contributed by atoms with van der Waals surface area (Å²) in [6, 6.07) is 12.7. The van der Waals surface area contributed by atoms with Crippen LogP contribution in [0.15, 0.2) is 36.4 Å². The standard InChI is InChI=1S/C65H68N12O6/c1-31-35-11-8-14-38-41-23-50-44(26-47(41)66-54(38)57(35)72-69-31)63(4,5)60(79)77(50)30-53(78)82-21-19-64(6)45-27-48-42(39-15-9-12-36-32(2)70-73-58(36)55(39)67-48)24-51(45)75(61(64)80)20-22-83-65(7)46-28-49-43(25-52(46)76(62(65)81)29-34-17-18-34)40-16-10-13-37-33(3)71-74-59(37)56(40)68-49/h23-28,34,66-68H,8-22,29-30H2,1-7H3,(H,69,72)(H,70,73)(H,71,74). The average Bonchev–Trinajstić information content (AvgIpc) is 2.02. The molecule has 0 radical (unpaired) electrons. The van der Waals surface area contributed by atoms with Crippen molar-refractivity contribution >= 4 is 73.5 Å². The number of amides is 3. The zero-order chi connectivity index (χ0) is 56.7. The van der Waals surface area contributed by atoms with Gasteiger partial charge in [0.2, 0.25) is 11.8 Å². The van der Waals surface area contributed by atoms with Crippen LogP contribution in [0.5, 0.6) is 0 Å². The highest BCUT2D eigenvalue weighted by atomic mass is 16.5. The molecule has 3 aromatic carbocycles. The zero-order valence-corrected chi connectivity index (χ0v) is 48.2. The number of nitrogens with zero attached hydrogens (tertiary/aromatic N) is 6. The second kappa shape index (κ2) is 17.6. The predicted octanol–water partition coefficient (Wildman–Crippen LogP) is 10.2. The second-order valence-corrected chi connectivity index (χ2v) is 25.8. The molecule has 83 heavy (non-hydrogen) atoms. The van der Waals surface area contributed by atoms with Crippen LogP contribution in [0.3, 0.4) is 0 Å². The Kier molecular flexibility index (Phi) is 10.7. The number of ether oxygens (including phenoxy) is 2. The van der Waals surface area contributed by atoms with Gasteiger partial charge < -0.3 is 39.1 Å². The number of fused-ring (bicyclic) bond motifs is 18. The third-order valence-corrected chi connectivity index (χ3v) is 20.4. The summed E-state index contributed by atoms with van der Waals surface area (Å²) in [5.41, 5.74) is 20.6. The van der Waals surface area contributed by atoms with Gasteiger partial charge >= 0.3 is 5.97 Å². The Bertz CT molecular complexity index is 4340. The van der Waals surface area contributed by atoms with Crippen molar-refractivity contribution in [2.45, 2.75) is 142 Å². The van der Waals surface area contributed by atoms with Gasteiger partial charge in [0.15, 0.2) is 5.60 Å². The van der Waals surface area contributed by atoms with Gasteiger partial charge in [-0.2, -0.15) is 15.3 Å². The molecular formula is C65H68N12O6. The van der Waals surface area contributed by atoms with Gasteiger partial charge in [0.05, 0.1) is 46.8 Å². The summed E-state index contributed by atoms with van der Waals surface area (Å²) in [6.07, 6.45) is 10.7. The molecule has 4 aliphatic carbocycles. The highest BCUT2D eigenvalue weighted by Crippen LogP contribution is 2.52. The smallest absolute Gasteiger partial charge is 0.326 e. The van der Waals surface area contributed by atoms with E-state index in [4.69, 9.17) is 24.8 Å². The van der Waals surface area contributed by atoms with Gasteiger partial charge in [-0.25, -0.2) is 0 Å². The Morgan fingerprint density at radius 1 is 0.554 bits per heavy atom. The van der Waals surface area contributed by atoms with E-state index in [-0.39, 0.29) is 50.4 Å². The zero-order valence-electron chi connectivity index (χ0n) is 48.2. The van der Waals surface area contributed by atoms with Crippen LogP contribution in [-0.4, -0.2) is 102 Å². The van der Waals surface area contributed by atoms with Crippen molar-refractivity contribution < 1.29 is 28.7 Å². The van der Waals surface area contributed by atoms with Crippen LogP contribution >= 0.6 is 0 Å². The molecule has 3 aliphatic heterocycles. The lowest BCUT2D eigenvalue weighted by atomic mass is 9.80. The lowest BCUT2D eigenvalue weighted by molar-refractivity contribution is -0.144. The summed E-state index contributed by atoms with van der Waals surface area (Å²) in [5.74, 6) is -0.526. The monoisotopic (exact) mass is 1110 g/mol.